The molecule has 2 unspecified atom stereocenters. The highest BCUT2D eigenvalue weighted by atomic mass is 35.5. The fraction of sp³-hybridized carbons (Fsp3) is 0.462. The Morgan fingerprint density at radius 2 is 2.28 bits per heavy atom. The van der Waals surface area contributed by atoms with Crippen LogP contribution in [-0.4, -0.2) is 23.2 Å². The second-order valence-electron chi connectivity index (χ2n) is 4.63. The zero-order valence-electron chi connectivity index (χ0n) is 9.83. The molecule has 98 valence electrons. The molecule has 0 saturated carbocycles. The van der Waals surface area contributed by atoms with Gasteiger partial charge in [-0.3, -0.25) is 4.79 Å². The fourth-order valence-electron chi connectivity index (χ4n) is 2.34. The number of hydrogen-bond donors (Lipinski definition) is 2. The minimum Gasteiger partial charge on any atom is -0.480 e. The van der Waals surface area contributed by atoms with Gasteiger partial charge in [0, 0.05) is 11.1 Å². The molecule has 0 radical (unpaired) electrons. The Labute approximate surface area is 110 Å². The van der Waals surface area contributed by atoms with E-state index in [2.05, 4.69) is 5.32 Å². The first-order valence-electron chi connectivity index (χ1n) is 5.99. The number of halogens is 2. The van der Waals surface area contributed by atoms with Crippen molar-refractivity contribution in [1.82, 2.24) is 5.32 Å². The third kappa shape index (κ3) is 3.21. The van der Waals surface area contributed by atoms with Gasteiger partial charge in [-0.1, -0.05) is 11.6 Å². The zero-order valence-corrected chi connectivity index (χ0v) is 10.6. The van der Waals surface area contributed by atoms with Crippen LogP contribution in [0.4, 0.5) is 4.39 Å². The smallest absolute Gasteiger partial charge is 0.320 e. The van der Waals surface area contributed by atoms with Crippen LogP contribution in [0.2, 0.25) is 5.02 Å². The minimum atomic E-state index is -0.841. The summed E-state index contributed by atoms with van der Waals surface area (Å²) >= 11 is 5.83. The van der Waals surface area contributed by atoms with Gasteiger partial charge >= 0.3 is 5.97 Å². The summed E-state index contributed by atoms with van der Waals surface area (Å²) in [5.41, 5.74) is 0.533. The molecule has 1 aromatic rings. The van der Waals surface area contributed by atoms with Gasteiger partial charge in [-0.05, 0) is 49.4 Å². The number of carboxylic acids is 1. The second kappa shape index (κ2) is 5.67. The molecule has 1 fully saturated rings. The van der Waals surface area contributed by atoms with Gasteiger partial charge in [-0.25, -0.2) is 4.39 Å². The molecule has 1 aromatic carbocycles. The number of rotatable bonds is 3. The Morgan fingerprint density at radius 1 is 1.50 bits per heavy atom. The molecular formula is C13H15ClFNO2. The number of carboxylic acid groups (broad SMARTS) is 1. The van der Waals surface area contributed by atoms with Crippen LogP contribution in [0.1, 0.15) is 24.8 Å². The molecule has 1 heterocycles. The van der Waals surface area contributed by atoms with Crippen LogP contribution in [-0.2, 0) is 11.2 Å². The molecule has 0 aliphatic carbocycles. The average molecular weight is 272 g/mol. The standard InChI is InChI=1S/C13H15ClFNO2/c14-9-4-5-11(15)8(6-9)7-10-2-1-3-12(16-10)13(17)18/h4-6,10,12,16H,1-3,7H2,(H,17,18). The Bertz CT molecular complexity index is 453. The topological polar surface area (TPSA) is 49.3 Å². The van der Waals surface area contributed by atoms with E-state index in [9.17, 15) is 9.18 Å². The van der Waals surface area contributed by atoms with Gasteiger partial charge in [0.25, 0.3) is 0 Å². The Hall–Kier alpha value is -1.13. The van der Waals surface area contributed by atoms with E-state index in [1.165, 1.54) is 12.1 Å². The Balaban J connectivity index is 2.04. The molecular weight excluding hydrogens is 257 g/mol. The molecule has 3 nitrogen and oxygen atoms in total. The van der Waals surface area contributed by atoms with Crippen molar-refractivity contribution in [3.63, 3.8) is 0 Å². The van der Waals surface area contributed by atoms with Gasteiger partial charge in [0.05, 0.1) is 0 Å². The van der Waals surface area contributed by atoms with Gasteiger partial charge in [0.1, 0.15) is 11.9 Å². The van der Waals surface area contributed by atoms with Gasteiger partial charge in [0.15, 0.2) is 0 Å². The fourth-order valence-corrected chi connectivity index (χ4v) is 2.54. The molecule has 0 bridgehead atoms. The van der Waals surface area contributed by atoms with Gasteiger partial charge in [-0.2, -0.15) is 0 Å². The van der Waals surface area contributed by atoms with Crippen LogP contribution in [0.3, 0.4) is 0 Å². The summed E-state index contributed by atoms with van der Waals surface area (Å²) in [6.07, 6.45) is 2.80. The van der Waals surface area contributed by atoms with Crippen molar-refractivity contribution in [2.75, 3.05) is 0 Å². The number of hydrogen-bond acceptors (Lipinski definition) is 2. The molecule has 0 amide bonds. The van der Waals surface area contributed by atoms with Gasteiger partial charge in [-0.15, -0.1) is 0 Å². The van der Waals surface area contributed by atoms with Crippen LogP contribution in [0, 0.1) is 5.82 Å². The predicted molar refractivity (Wildman–Crippen MR) is 67.3 cm³/mol. The van der Waals surface area contributed by atoms with Gasteiger partial charge < -0.3 is 10.4 Å². The quantitative estimate of drug-likeness (QED) is 0.888. The van der Waals surface area contributed by atoms with Crippen LogP contribution in [0.15, 0.2) is 18.2 Å². The van der Waals surface area contributed by atoms with Crippen LogP contribution in [0.25, 0.3) is 0 Å². The second-order valence-corrected chi connectivity index (χ2v) is 5.06. The first kappa shape index (κ1) is 13.3. The highest BCUT2D eigenvalue weighted by molar-refractivity contribution is 6.30. The molecule has 0 aromatic heterocycles. The van der Waals surface area contributed by atoms with E-state index in [4.69, 9.17) is 16.7 Å². The maximum Gasteiger partial charge on any atom is 0.320 e. The van der Waals surface area contributed by atoms with E-state index in [1.807, 2.05) is 0 Å². The molecule has 1 aliphatic rings. The lowest BCUT2D eigenvalue weighted by Gasteiger charge is -2.28. The number of carbonyl (C=O) groups is 1. The summed E-state index contributed by atoms with van der Waals surface area (Å²) in [5.74, 6) is -1.13. The van der Waals surface area contributed by atoms with E-state index in [1.54, 1.807) is 6.07 Å². The number of nitrogens with one attached hydrogen (secondary N) is 1. The van der Waals surface area contributed by atoms with Crippen LogP contribution >= 0.6 is 11.6 Å². The van der Waals surface area contributed by atoms with E-state index in [-0.39, 0.29) is 11.9 Å². The molecule has 5 heteroatoms. The lowest BCUT2D eigenvalue weighted by atomic mass is 9.94. The summed E-state index contributed by atoms with van der Waals surface area (Å²) in [6, 6.07) is 3.92. The maximum atomic E-state index is 13.6. The van der Waals surface area contributed by atoms with E-state index in [0.717, 1.165) is 12.8 Å². The van der Waals surface area contributed by atoms with Crippen molar-refractivity contribution >= 4 is 17.6 Å². The monoisotopic (exact) mass is 271 g/mol. The first-order chi connectivity index (χ1) is 8.56. The third-order valence-electron chi connectivity index (χ3n) is 3.25. The average Bonchev–Trinajstić information content (AvgIpc) is 2.34. The highest BCUT2D eigenvalue weighted by Gasteiger charge is 2.26. The first-order valence-corrected chi connectivity index (χ1v) is 6.37. The SMILES string of the molecule is O=C(O)C1CCCC(Cc2cc(Cl)ccc2F)N1. The van der Waals surface area contributed by atoms with Crippen molar-refractivity contribution in [3.05, 3.63) is 34.6 Å². The van der Waals surface area contributed by atoms with Crippen LogP contribution in [0.5, 0.6) is 0 Å². The normalized spacial score (nSPS) is 23.9. The van der Waals surface area contributed by atoms with Crippen molar-refractivity contribution in [2.45, 2.75) is 37.8 Å². The lowest BCUT2D eigenvalue weighted by Crippen LogP contribution is -2.47. The number of piperidine rings is 1. The molecule has 1 aliphatic heterocycles. The van der Waals surface area contributed by atoms with Crippen molar-refractivity contribution in [1.29, 1.82) is 0 Å². The molecule has 2 atom stereocenters. The van der Waals surface area contributed by atoms with Gasteiger partial charge in [0.2, 0.25) is 0 Å². The minimum absolute atomic E-state index is 0.00665. The lowest BCUT2D eigenvalue weighted by molar-refractivity contribution is -0.140. The summed E-state index contributed by atoms with van der Waals surface area (Å²) in [5, 5.41) is 12.5. The van der Waals surface area contributed by atoms with E-state index >= 15 is 0 Å². The Morgan fingerprint density at radius 3 is 3.00 bits per heavy atom. The van der Waals surface area contributed by atoms with Crippen molar-refractivity contribution in [3.8, 4) is 0 Å². The third-order valence-corrected chi connectivity index (χ3v) is 3.49. The summed E-state index contributed by atoms with van der Waals surface area (Å²) in [4.78, 5) is 10.9. The molecule has 1 saturated heterocycles. The summed E-state index contributed by atoms with van der Waals surface area (Å²) in [6.45, 7) is 0. The molecule has 2 rings (SSSR count). The highest BCUT2D eigenvalue weighted by Crippen LogP contribution is 2.20. The van der Waals surface area contributed by atoms with Crippen LogP contribution < -0.4 is 5.32 Å². The number of benzene rings is 1. The zero-order chi connectivity index (χ0) is 13.1. The van der Waals surface area contributed by atoms with E-state index in [0.29, 0.717) is 23.4 Å². The maximum absolute atomic E-state index is 13.6. The largest absolute Gasteiger partial charge is 0.480 e. The molecule has 2 N–H and O–H groups in total. The summed E-state index contributed by atoms with van der Waals surface area (Å²) < 4.78 is 13.6. The Kier molecular flexibility index (Phi) is 4.19. The number of aliphatic carboxylic acids is 1. The molecule has 18 heavy (non-hydrogen) atoms. The molecule has 0 spiro atoms. The van der Waals surface area contributed by atoms with E-state index < -0.39 is 12.0 Å². The van der Waals surface area contributed by atoms with Crippen molar-refractivity contribution < 1.29 is 14.3 Å². The summed E-state index contributed by atoms with van der Waals surface area (Å²) in [7, 11) is 0. The van der Waals surface area contributed by atoms with Crippen molar-refractivity contribution in [2.24, 2.45) is 0 Å². The predicted octanol–water partition coefficient (Wildman–Crippen LogP) is 2.62.